The van der Waals surface area contributed by atoms with Gasteiger partial charge in [0.05, 0.1) is 16.6 Å². The van der Waals surface area contributed by atoms with Gasteiger partial charge in [0.2, 0.25) is 0 Å². The zero-order valence-electron chi connectivity index (χ0n) is 11.4. The van der Waals surface area contributed by atoms with Gasteiger partial charge in [-0.05, 0) is 31.0 Å². The maximum Gasteiger partial charge on any atom is 0.416 e. The molecule has 0 spiro atoms. The van der Waals surface area contributed by atoms with Gasteiger partial charge < -0.3 is 4.98 Å². The van der Waals surface area contributed by atoms with Crippen LogP contribution in [-0.2, 0) is 6.18 Å². The molecule has 7 heteroatoms. The molecule has 0 fully saturated rings. The van der Waals surface area contributed by atoms with Crippen LogP contribution in [0.1, 0.15) is 30.0 Å². The zero-order valence-corrected chi connectivity index (χ0v) is 11.4. The molecule has 0 radical (unpaired) electrons. The lowest BCUT2D eigenvalue weighted by molar-refractivity contribution is -0.137. The summed E-state index contributed by atoms with van der Waals surface area (Å²) in [4.78, 5) is 18.7. The van der Waals surface area contributed by atoms with Crippen molar-refractivity contribution in [2.24, 2.45) is 4.99 Å². The molecule has 112 valence electrons. The second-order valence-electron chi connectivity index (χ2n) is 5.25. The molecule has 0 bridgehead atoms. The van der Waals surface area contributed by atoms with Crippen molar-refractivity contribution in [3.05, 3.63) is 33.7 Å². The minimum absolute atomic E-state index is 0.0557. The van der Waals surface area contributed by atoms with E-state index >= 15 is 0 Å². The molecule has 0 amide bonds. The number of H-pyrrole nitrogens is 1. The summed E-state index contributed by atoms with van der Waals surface area (Å²) in [6, 6.07) is 2.39. The van der Waals surface area contributed by atoms with Crippen LogP contribution in [-0.4, -0.2) is 22.3 Å². The molecule has 1 N–H and O–H groups in total. The molecular formula is C14H14F3N3O. The van der Waals surface area contributed by atoms with Crippen LogP contribution in [0.25, 0.3) is 11.0 Å². The van der Waals surface area contributed by atoms with E-state index in [1.807, 2.05) is 0 Å². The Labute approximate surface area is 118 Å². The van der Waals surface area contributed by atoms with Crippen molar-refractivity contribution in [3.8, 4) is 0 Å². The van der Waals surface area contributed by atoms with Gasteiger partial charge in [-0.15, -0.1) is 0 Å². The van der Waals surface area contributed by atoms with Crippen LogP contribution < -0.4 is 5.69 Å². The summed E-state index contributed by atoms with van der Waals surface area (Å²) in [5, 5.41) is 0. The minimum Gasteiger partial charge on any atom is -0.306 e. The number of aliphatic imine (C=N–C) groups is 1. The van der Waals surface area contributed by atoms with Gasteiger partial charge in [0.15, 0.2) is 0 Å². The molecule has 1 aliphatic heterocycles. The summed E-state index contributed by atoms with van der Waals surface area (Å²) in [6.07, 6.45) is -1.33. The van der Waals surface area contributed by atoms with E-state index in [0.717, 1.165) is 6.07 Å². The molecule has 1 aliphatic rings. The second kappa shape index (κ2) is 4.75. The van der Waals surface area contributed by atoms with Gasteiger partial charge in [-0.2, -0.15) is 13.2 Å². The number of halogens is 3. The number of imidazole rings is 1. The molecule has 2 heterocycles. The van der Waals surface area contributed by atoms with E-state index in [-0.39, 0.29) is 22.8 Å². The summed E-state index contributed by atoms with van der Waals surface area (Å²) in [5.74, 6) is 0. The van der Waals surface area contributed by atoms with Crippen LogP contribution >= 0.6 is 0 Å². The molecule has 0 saturated carbocycles. The topological polar surface area (TPSA) is 50.1 Å². The van der Waals surface area contributed by atoms with Gasteiger partial charge in [-0.1, -0.05) is 0 Å². The summed E-state index contributed by atoms with van der Waals surface area (Å²) in [7, 11) is 0. The van der Waals surface area contributed by atoms with Gasteiger partial charge in [-0.3, -0.25) is 9.56 Å². The van der Waals surface area contributed by atoms with E-state index in [1.54, 1.807) is 10.8 Å². The molecule has 0 saturated heterocycles. The maximum atomic E-state index is 12.9. The highest BCUT2D eigenvalue weighted by Crippen LogP contribution is 2.34. The van der Waals surface area contributed by atoms with Crippen molar-refractivity contribution < 1.29 is 13.2 Å². The van der Waals surface area contributed by atoms with Crippen molar-refractivity contribution >= 4 is 17.2 Å². The Morgan fingerprint density at radius 3 is 2.76 bits per heavy atom. The third kappa shape index (κ3) is 2.36. The molecule has 4 nitrogen and oxygen atoms in total. The first-order valence-corrected chi connectivity index (χ1v) is 6.68. The molecule has 3 rings (SSSR count). The zero-order chi connectivity index (χ0) is 15.2. The van der Waals surface area contributed by atoms with Gasteiger partial charge in [0.25, 0.3) is 0 Å². The minimum atomic E-state index is -4.42. The Morgan fingerprint density at radius 2 is 2.14 bits per heavy atom. The summed E-state index contributed by atoms with van der Waals surface area (Å²) < 4.78 is 40.3. The lowest BCUT2D eigenvalue weighted by atomic mass is 10.1. The summed E-state index contributed by atoms with van der Waals surface area (Å²) >= 11 is 0. The van der Waals surface area contributed by atoms with Crippen LogP contribution in [0.15, 0.2) is 21.9 Å². The number of hydrogen-bond donors (Lipinski definition) is 1. The highest BCUT2D eigenvalue weighted by atomic mass is 19.4. The molecule has 1 aromatic heterocycles. The van der Waals surface area contributed by atoms with E-state index in [1.165, 1.54) is 13.0 Å². The maximum absolute atomic E-state index is 12.9. The van der Waals surface area contributed by atoms with Gasteiger partial charge in [0.1, 0.15) is 0 Å². The molecule has 0 aliphatic carbocycles. The van der Waals surface area contributed by atoms with Crippen molar-refractivity contribution in [1.82, 2.24) is 9.55 Å². The number of nitrogens with zero attached hydrogens (tertiary/aromatic N) is 2. The number of alkyl halides is 3. The first kappa shape index (κ1) is 13.9. The van der Waals surface area contributed by atoms with Crippen LogP contribution in [0.2, 0.25) is 0 Å². The number of fused-ring (bicyclic) bond motifs is 1. The third-order valence-electron chi connectivity index (χ3n) is 3.83. The Hall–Kier alpha value is -2.05. The average Bonchev–Trinajstić information content (AvgIpc) is 2.73. The van der Waals surface area contributed by atoms with E-state index < -0.39 is 11.7 Å². The predicted molar refractivity (Wildman–Crippen MR) is 73.9 cm³/mol. The second-order valence-corrected chi connectivity index (χ2v) is 5.25. The number of benzene rings is 1. The number of aryl methyl sites for hydroxylation is 1. The highest BCUT2D eigenvalue weighted by molar-refractivity contribution is 5.78. The van der Waals surface area contributed by atoms with Crippen LogP contribution in [0.3, 0.4) is 0 Å². The van der Waals surface area contributed by atoms with E-state index in [9.17, 15) is 18.0 Å². The molecule has 21 heavy (non-hydrogen) atoms. The van der Waals surface area contributed by atoms with Gasteiger partial charge in [0, 0.05) is 25.2 Å². The SMILES string of the molecule is Cc1cc2c(cc1C(F)(F)F)[nH]c(=O)n2C1CC=NCC1. The predicted octanol–water partition coefficient (Wildman–Crippen LogP) is 3.06. The normalized spacial score (nSPS) is 19.3. The lowest BCUT2D eigenvalue weighted by Gasteiger charge is -2.19. The van der Waals surface area contributed by atoms with Crippen molar-refractivity contribution in [3.63, 3.8) is 0 Å². The molecule has 2 aromatic rings. The van der Waals surface area contributed by atoms with E-state index in [0.29, 0.717) is 24.9 Å². The first-order chi connectivity index (χ1) is 9.88. The third-order valence-corrected chi connectivity index (χ3v) is 3.83. The Kier molecular flexibility index (Phi) is 3.15. The van der Waals surface area contributed by atoms with E-state index in [2.05, 4.69) is 9.98 Å². The number of aromatic nitrogens is 2. The summed E-state index contributed by atoms with van der Waals surface area (Å²) in [5.41, 5.74) is -0.226. The fourth-order valence-corrected chi connectivity index (χ4v) is 2.81. The lowest BCUT2D eigenvalue weighted by Crippen LogP contribution is -2.24. The first-order valence-electron chi connectivity index (χ1n) is 6.68. The largest absolute Gasteiger partial charge is 0.416 e. The molecule has 1 aromatic carbocycles. The number of hydrogen-bond acceptors (Lipinski definition) is 2. The standard InChI is InChI=1S/C14H14F3N3O/c1-8-6-12-11(7-10(8)14(15,16)17)19-13(21)20(12)9-2-4-18-5-3-9/h4,6-7,9H,2-3,5H2,1H3,(H,19,21). The van der Waals surface area contributed by atoms with E-state index in [4.69, 9.17) is 0 Å². The van der Waals surface area contributed by atoms with Crippen molar-refractivity contribution in [2.45, 2.75) is 32.0 Å². The highest BCUT2D eigenvalue weighted by Gasteiger charge is 2.33. The van der Waals surface area contributed by atoms with Crippen LogP contribution in [0.5, 0.6) is 0 Å². The average molecular weight is 297 g/mol. The Morgan fingerprint density at radius 1 is 1.38 bits per heavy atom. The Balaban J connectivity index is 2.19. The van der Waals surface area contributed by atoms with Gasteiger partial charge >= 0.3 is 11.9 Å². The fourth-order valence-electron chi connectivity index (χ4n) is 2.81. The summed E-state index contributed by atoms with van der Waals surface area (Å²) in [6.45, 7) is 2.04. The van der Waals surface area contributed by atoms with Crippen molar-refractivity contribution in [2.75, 3.05) is 6.54 Å². The monoisotopic (exact) mass is 297 g/mol. The number of rotatable bonds is 1. The van der Waals surface area contributed by atoms with Gasteiger partial charge in [-0.25, -0.2) is 4.79 Å². The van der Waals surface area contributed by atoms with Crippen molar-refractivity contribution in [1.29, 1.82) is 0 Å². The number of nitrogens with one attached hydrogen (secondary N) is 1. The van der Waals surface area contributed by atoms with Crippen LogP contribution in [0, 0.1) is 6.92 Å². The number of aromatic amines is 1. The molecule has 1 atom stereocenters. The Bertz CT molecular complexity index is 770. The quantitative estimate of drug-likeness (QED) is 0.864. The molecule has 1 unspecified atom stereocenters. The smallest absolute Gasteiger partial charge is 0.306 e. The fraction of sp³-hybridized carbons (Fsp3) is 0.429. The van der Waals surface area contributed by atoms with Crippen LogP contribution in [0.4, 0.5) is 13.2 Å². The molecular weight excluding hydrogens is 283 g/mol.